The van der Waals surface area contributed by atoms with E-state index in [1.807, 2.05) is 25.1 Å². The van der Waals surface area contributed by atoms with E-state index < -0.39 is 0 Å². The molecule has 0 radical (unpaired) electrons. The third kappa shape index (κ3) is 5.32. The Morgan fingerprint density at radius 1 is 1.07 bits per heavy atom. The Morgan fingerprint density at radius 2 is 1.83 bits per heavy atom. The number of piperazine rings is 1. The van der Waals surface area contributed by atoms with Crippen LogP contribution in [-0.2, 0) is 4.79 Å². The molecule has 1 aliphatic rings. The first-order chi connectivity index (χ1) is 14.1. The molecule has 0 saturated carbocycles. The van der Waals surface area contributed by atoms with E-state index in [0.717, 1.165) is 37.6 Å². The Labute approximate surface area is 172 Å². The van der Waals surface area contributed by atoms with Crippen LogP contribution in [0, 0.1) is 0 Å². The molecule has 7 heteroatoms. The molecule has 156 valence electrons. The highest BCUT2D eigenvalue weighted by molar-refractivity contribution is 5.93. The van der Waals surface area contributed by atoms with Gasteiger partial charge in [-0.3, -0.25) is 4.79 Å². The molecule has 0 unspecified atom stereocenters. The standard InChI is InChI=1S/C22H29N3O4/c1-4-29-21-8-6-5-7-19(21)25-13-11-24(12-14-25)16-22(26)23-18-15-17(27-2)9-10-20(18)28-3/h5-10,15H,4,11-14,16H2,1-3H3,(H,23,26)/p+1. The Morgan fingerprint density at radius 3 is 2.52 bits per heavy atom. The quantitative estimate of drug-likeness (QED) is 0.702. The maximum atomic E-state index is 12.6. The van der Waals surface area contributed by atoms with E-state index in [2.05, 4.69) is 16.3 Å². The van der Waals surface area contributed by atoms with Gasteiger partial charge in [0.25, 0.3) is 5.91 Å². The van der Waals surface area contributed by atoms with Crippen molar-refractivity contribution < 1.29 is 23.9 Å². The van der Waals surface area contributed by atoms with Gasteiger partial charge in [0.1, 0.15) is 17.2 Å². The first kappa shape index (κ1) is 20.8. The Hall–Kier alpha value is -2.93. The zero-order valence-corrected chi connectivity index (χ0v) is 17.4. The number of benzene rings is 2. The highest BCUT2D eigenvalue weighted by Crippen LogP contribution is 2.29. The summed E-state index contributed by atoms with van der Waals surface area (Å²) in [5.41, 5.74) is 1.75. The lowest BCUT2D eigenvalue weighted by atomic mass is 10.2. The number of ether oxygens (including phenoxy) is 3. The topological polar surface area (TPSA) is 64.5 Å². The second-order valence-electron chi connectivity index (χ2n) is 6.93. The van der Waals surface area contributed by atoms with E-state index in [-0.39, 0.29) is 5.91 Å². The predicted octanol–water partition coefficient (Wildman–Crippen LogP) is 1.45. The lowest BCUT2D eigenvalue weighted by Crippen LogP contribution is -3.15. The van der Waals surface area contributed by atoms with E-state index >= 15 is 0 Å². The molecule has 2 aromatic carbocycles. The fourth-order valence-electron chi connectivity index (χ4n) is 3.57. The summed E-state index contributed by atoms with van der Waals surface area (Å²) in [5.74, 6) is 2.18. The van der Waals surface area contributed by atoms with Crippen LogP contribution in [0.3, 0.4) is 0 Å². The molecular weight excluding hydrogens is 370 g/mol. The highest BCUT2D eigenvalue weighted by atomic mass is 16.5. The molecule has 7 nitrogen and oxygen atoms in total. The lowest BCUT2D eigenvalue weighted by molar-refractivity contribution is -0.892. The molecule has 1 amide bonds. The van der Waals surface area contributed by atoms with E-state index in [9.17, 15) is 4.79 Å². The molecule has 1 aliphatic heterocycles. The average Bonchev–Trinajstić information content (AvgIpc) is 2.75. The molecule has 0 aliphatic carbocycles. The lowest BCUT2D eigenvalue weighted by Gasteiger charge is -2.34. The molecule has 29 heavy (non-hydrogen) atoms. The Kier molecular flexibility index (Phi) is 7.19. The summed E-state index contributed by atoms with van der Waals surface area (Å²) in [4.78, 5) is 16.2. The maximum Gasteiger partial charge on any atom is 0.279 e. The summed E-state index contributed by atoms with van der Waals surface area (Å²) in [5, 5.41) is 2.95. The minimum absolute atomic E-state index is 0.0327. The predicted molar refractivity (Wildman–Crippen MR) is 114 cm³/mol. The molecule has 1 fully saturated rings. The van der Waals surface area contributed by atoms with E-state index in [1.165, 1.54) is 4.90 Å². The summed E-state index contributed by atoms with van der Waals surface area (Å²) < 4.78 is 16.3. The number of nitrogens with zero attached hydrogens (tertiary/aromatic N) is 1. The third-order valence-electron chi connectivity index (χ3n) is 5.07. The minimum Gasteiger partial charge on any atom is -0.497 e. The van der Waals surface area contributed by atoms with Crippen LogP contribution in [0.1, 0.15) is 6.92 Å². The van der Waals surface area contributed by atoms with Crippen molar-refractivity contribution in [3.8, 4) is 17.2 Å². The van der Waals surface area contributed by atoms with Gasteiger partial charge in [0.2, 0.25) is 0 Å². The van der Waals surface area contributed by atoms with Gasteiger partial charge in [-0.1, -0.05) is 12.1 Å². The van der Waals surface area contributed by atoms with Crippen molar-refractivity contribution in [3.63, 3.8) is 0 Å². The molecule has 0 spiro atoms. The number of methoxy groups -OCH3 is 2. The summed E-state index contributed by atoms with van der Waals surface area (Å²) in [6.45, 7) is 6.61. The van der Waals surface area contributed by atoms with E-state index in [0.29, 0.717) is 30.3 Å². The zero-order valence-electron chi connectivity index (χ0n) is 17.4. The molecule has 0 bridgehead atoms. The summed E-state index contributed by atoms with van der Waals surface area (Å²) in [6, 6.07) is 13.5. The van der Waals surface area contributed by atoms with Crippen molar-refractivity contribution in [2.45, 2.75) is 6.92 Å². The van der Waals surface area contributed by atoms with Crippen molar-refractivity contribution in [1.82, 2.24) is 0 Å². The van der Waals surface area contributed by atoms with Gasteiger partial charge in [0.05, 0.1) is 58.4 Å². The van der Waals surface area contributed by atoms with Gasteiger partial charge in [0, 0.05) is 6.07 Å². The third-order valence-corrected chi connectivity index (χ3v) is 5.07. The van der Waals surface area contributed by atoms with Crippen molar-refractivity contribution >= 4 is 17.3 Å². The van der Waals surface area contributed by atoms with Crippen molar-refractivity contribution in [3.05, 3.63) is 42.5 Å². The number of carbonyl (C=O) groups excluding carboxylic acids is 1. The number of amides is 1. The first-order valence-corrected chi connectivity index (χ1v) is 9.96. The SMILES string of the molecule is CCOc1ccccc1N1CC[NH+](CC(=O)Nc2cc(OC)ccc2OC)CC1. The second kappa shape index (κ2) is 10.0. The fourth-order valence-corrected chi connectivity index (χ4v) is 3.57. The minimum atomic E-state index is -0.0327. The van der Waals surface area contributed by atoms with Crippen molar-refractivity contribution in [2.24, 2.45) is 0 Å². The monoisotopic (exact) mass is 400 g/mol. The highest BCUT2D eigenvalue weighted by Gasteiger charge is 2.24. The molecule has 3 rings (SSSR count). The smallest absolute Gasteiger partial charge is 0.279 e. The number of hydrogen-bond acceptors (Lipinski definition) is 5. The van der Waals surface area contributed by atoms with Crippen molar-refractivity contribution in [2.75, 3.05) is 63.8 Å². The van der Waals surface area contributed by atoms with Gasteiger partial charge in [0.15, 0.2) is 6.54 Å². The number of nitrogens with one attached hydrogen (secondary N) is 2. The molecular formula is C22H30N3O4+. The van der Waals surface area contributed by atoms with Gasteiger partial charge in [-0.25, -0.2) is 0 Å². The largest absolute Gasteiger partial charge is 0.497 e. The Bertz CT molecular complexity index is 819. The Balaban J connectivity index is 1.55. The van der Waals surface area contributed by atoms with Gasteiger partial charge >= 0.3 is 0 Å². The maximum absolute atomic E-state index is 12.6. The fraction of sp³-hybridized carbons (Fsp3) is 0.409. The second-order valence-corrected chi connectivity index (χ2v) is 6.93. The number of anilines is 2. The van der Waals surface area contributed by atoms with E-state index in [1.54, 1.807) is 32.4 Å². The van der Waals surface area contributed by atoms with Gasteiger partial charge < -0.3 is 29.3 Å². The van der Waals surface area contributed by atoms with Crippen LogP contribution < -0.4 is 29.3 Å². The number of quaternary nitrogens is 1. The number of carbonyl (C=O) groups is 1. The zero-order chi connectivity index (χ0) is 20.6. The van der Waals surface area contributed by atoms with Crippen LogP contribution in [0.4, 0.5) is 11.4 Å². The number of para-hydroxylation sites is 2. The molecule has 0 atom stereocenters. The van der Waals surface area contributed by atoms with Gasteiger partial charge in [-0.15, -0.1) is 0 Å². The molecule has 1 saturated heterocycles. The van der Waals surface area contributed by atoms with E-state index in [4.69, 9.17) is 14.2 Å². The molecule has 2 aromatic rings. The molecule has 1 heterocycles. The number of hydrogen-bond donors (Lipinski definition) is 2. The average molecular weight is 400 g/mol. The van der Waals surface area contributed by atoms with Crippen molar-refractivity contribution in [1.29, 1.82) is 0 Å². The van der Waals surface area contributed by atoms with Crippen LogP contribution in [0.2, 0.25) is 0 Å². The summed E-state index contributed by atoms with van der Waals surface area (Å²) >= 11 is 0. The van der Waals surface area contributed by atoms with Crippen LogP contribution in [0.5, 0.6) is 17.2 Å². The first-order valence-electron chi connectivity index (χ1n) is 9.96. The number of rotatable bonds is 8. The van der Waals surface area contributed by atoms with Gasteiger partial charge in [-0.2, -0.15) is 0 Å². The van der Waals surface area contributed by atoms with Crippen LogP contribution >= 0.6 is 0 Å². The normalized spacial score (nSPS) is 14.4. The van der Waals surface area contributed by atoms with Gasteiger partial charge in [-0.05, 0) is 31.2 Å². The molecule has 0 aromatic heterocycles. The van der Waals surface area contributed by atoms with Crippen LogP contribution in [0.15, 0.2) is 42.5 Å². The van der Waals surface area contributed by atoms with Crippen LogP contribution in [-0.4, -0.2) is 59.5 Å². The van der Waals surface area contributed by atoms with Crippen LogP contribution in [0.25, 0.3) is 0 Å². The summed E-state index contributed by atoms with van der Waals surface area (Å²) in [6.07, 6.45) is 0. The summed E-state index contributed by atoms with van der Waals surface area (Å²) in [7, 11) is 3.18. The molecule has 2 N–H and O–H groups in total.